The van der Waals surface area contributed by atoms with E-state index in [1.807, 2.05) is 0 Å². The lowest BCUT2D eigenvalue weighted by atomic mass is 10.1. The van der Waals surface area contributed by atoms with Crippen molar-refractivity contribution in [3.05, 3.63) is 72.9 Å². The molecule has 44 heavy (non-hydrogen) atoms. The molecule has 5 heteroatoms. The molecule has 0 aliphatic heterocycles. The zero-order valence-corrected chi connectivity index (χ0v) is 28.1. The summed E-state index contributed by atoms with van der Waals surface area (Å²) >= 11 is 0. The predicted molar refractivity (Wildman–Crippen MR) is 186 cm³/mol. The standard InChI is InChI=1S/C39H64O5/c1-3-5-7-9-11-13-15-17-18-19-20-22-24-26-28-30-32-34-39(42)44-36-37(40)35-43-38(41)33-31-29-27-25-23-21-16-14-12-10-8-6-4-2/h5,7,11,13,17-18,20-23,26,28,37,40H,3-4,6,8-10,12,14-16,19,24-25,27,29-36H2,1-2H3/b7-5-,13-11-,18-17-,22-20-,23-21-,28-26-/t37-/m1/s1. The average molecular weight is 613 g/mol. The van der Waals surface area contributed by atoms with Crippen molar-refractivity contribution in [2.24, 2.45) is 0 Å². The number of carbonyl (C=O) groups excluding carboxylic acids is 2. The molecule has 0 aromatic rings. The second-order valence-corrected chi connectivity index (χ2v) is 11.2. The highest BCUT2D eigenvalue weighted by atomic mass is 16.6. The molecule has 0 aliphatic carbocycles. The second-order valence-electron chi connectivity index (χ2n) is 11.2. The van der Waals surface area contributed by atoms with Crippen molar-refractivity contribution in [2.75, 3.05) is 13.2 Å². The minimum absolute atomic E-state index is 0.146. The van der Waals surface area contributed by atoms with Crippen LogP contribution in [0.1, 0.15) is 142 Å². The van der Waals surface area contributed by atoms with Crippen LogP contribution in [0.4, 0.5) is 0 Å². The third-order valence-corrected chi connectivity index (χ3v) is 6.93. The number of ether oxygens (including phenoxy) is 2. The van der Waals surface area contributed by atoms with E-state index in [0.717, 1.165) is 64.2 Å². The van der Waals surface area contributed by atoms with Crippen LogP contribution < -0.4 is 0 Å². The molecule has 0 aromatic carbocycles. The summed E-state index contributed by atoms with van der Waals surface area (Å²) in [6.07, 6.45) is 45.2. The number of hydrogen-bond donors (Lipinski definition) is 1. The van der Waals surface area contributed by atoms with E-state index in [9.17, 15) is 14.7 Å². The quantitative estimate of drug-likeness (QED) is 0.0496. The summed E-state index contributed by atoms with van der Waals surface area (Å²) in [6, 6.07) is 0. The molecule has 0 fully saturated rings. The van der Waals surface area contributed by atoms with Gasteiger partial charge in [-0.2, -0.15) is 0 Å². The smallest absolute Gasteiger partial charge is 0.305 e. The summed E-state index contributed by atoms with van der Waals surface area (Å²) < 4.78 is 10.2. The Morgan fingerprint density at radius 1 is 0.500 bits per heavy atom. The van der Waals surface area contributed by atoms with Crippen molar-refractivity contribution in [1.82, 2.24) is 0 Å². The summed E-state index contributed by atoms with van der Waals surface area (Å²) in [5.74, 6) is -0.658. The fraction of sp³-hybridized carbons (Fsp3) is 0.641. The minimum atomic E-state index is -0.995. The molecule has 0 unspecified atom stereocenters. The van der Waals surface area contributed by atoms with Crippen LogP contribution in [0.2, 0.25) is 0 Å². The third kappa shape index (κ3) is 33.8. The molecule has 1 atom stereocenters. The Labute approximate surface area is 270 Å². The van der Waals surface area contributed by atoms with Gasteiger partial charge in [-0.15, -0.1) is 0 Å². The van der Waals surface area contributed by atoms with Crippen molar-refractivity contribution < 1.29 is 24.2 Å². The van der Waals surface area contributed by atoms with Crippen molar-refractivity contribution in [2.45, 2.75) is 148 Å². The normalized spacial score (nSPS) is 13.1. The summed E-state index contributed by atoms with van der Waals surface area (Å²) in [4.78, 5) is 23.8. The topological polar surface area (TPSA) is 72.8 Å². The van der Waals surface area contributed by atoms with Crippen molar-refractivity contribution in [3.63, 3.8) is 0 Å². The number of rotatable bonds is 30. The number of allylic oxidation sites excluding steroid dienone is 12. The molecule has 0 radical (unpaired) electrons. The van der Waals surface area contributed by atoms with Gasteiger partial charge in [-0.25, -0.2) is 0 Å². The van der Waals surface area contributed by atoms with Gasteiger partial charge in [0, 0.05) is 12.8 Å². The molecule has 0 heterocycles. The predicted octanol–water partition coefficient (Wildman–Crippen LogP) is 10.6. The van der Waals surface area contributed by atoms with Crippen LogP contribution in [0, 0.1) is 0 Å². The molecule has 0 aromatic heterocycles. The Hall–Kier alpha value is -2.66. The van der Waals surface area contributed by atoms with Crippen LogP contribution in [0.5, 0.6) is 0 Å². The van der Waals surface area contributed by atoms with Gasteiger partial charge in [-0.05, 0) is 77.0 Å². The summed E-state index contributed by atoms with van der Waals surface area (Å²) in [6.45, 7) is 4.09. The molecule has 0 amide bonds. The summed E-state index contributed by atoms with van der Waals surface area (Å²) in [7, 11) is 0. The minimum Gasteiger partial charge on any atom is -0.463 e. The maximum absolute atomic E-state index is 11.9. The van der Waals surface area contributed by atoms with E-state index in [2.05, 4.69) is 86.8 Å². The van der Waals surface area contributed by atoms with Gasteiger partial charge in [0.1, 0.15) is 19.3 Å². The number of esters is 2. The fourth-order valence-electron chi connectivity index (χ4n) is 4.29. The lowest BCUT2D eigenvalue weighted by Gasteiger charge is -2.12. The Morgan fingerprint density at radius 3 is 1.41 bits per heavy atom. The van der Waals surface area contributed by atoms with E-state index in [-0.39, 0.29) is 25.2 Å². The molecule has 1 N–H and O–H groups in total. The van der Waals surface area contributed by atoms with Crippen molar-refractivity contribution >= 4 is 11.9 Å². The number of hydrogen-bond acceptors (Lipinski definition) is 5. The van der Waals surface area contributed by atoms with Crippen LogP contribution in [-0.4, -0.2) is 36.4 Å². The first kappa shape index (κ1) is 41.3. The van der Waals surface area contributed by atoms with Crippen LogP contribution in [-0.2, 0) is 19.1 Å². The molecular weight excluding hydrogens is 548 g/mol. The number of aliphatic hydroxyl groups excluding tert-OH is 1. The highest BCUT2D eigenvalue weighted by molar-refractivity contribution is 5.69. The monoisotopic (exact) mass is 612 g/mol. The molecular formula is C39H64O5. The summed E-state index contributed by atoms with van der Waals surface area (Å²) in [5.41, 5.74) is 0. The van der Waals surface area contributed by atoms with E-state index in [4.69, 9.17) is 9.47 Å². The van der Waals surface area contributed by atoms with Crippen molar-refractivity contribution in [3.8, 4) is 0 Å². The lowest BCUT2D eigenvalue weighted by molar-refractivity contribution is -0.152. The Bertz CT molecular complexity index is 833. The molecule has 5 nitrogen and oxygen atoms in total. The first-order valence-corrected chi connectivity index (χ1v) is 17.5. The molecule has 0 spiro atoms. The van der Waals surface area contributed by atoms with E-state index < -0.39 is 6.10 Å². The van der Waals surface area contributed by atoms with Gasteiger partial charge in [0.25, 0.3) is 0 Å². The third-order valence-electron chi connectivity index (χ3n) is 6.93. The first-order valence-electron chi connectivity index (χ1n) is 17.5. The fourth-order valence-corrected chi connectivity index (χ4v) is 4.29. The molecule has 0 saturated carbocycles. The van der Waals surface area contributed by atoms with Crippen molar-refractivity contribution in [1.29, 1.82) is 0 Å². The number of carbonyl (C=O) groups is 2. The highest BCUT2D eigenvalue weighted by Gasteiger charge is 2.11. The molecule has 0 saturated heterocycles. The van der Waals surface area contributed by atoms with Crippen LogP contribution in [0.3, 0.4) is 0 Å². The maximum atomic E-state index is 11.9. The maximum Gasteiger partial charge on any atom is 0.305 e. The number of unbranched alkanes of at least 4 members (excludes halogenated alkanes) is 10. The molecule has 0 aliphatic rings. The first-order chi connectivity index (χ1) is 21.6. The van der Waals surface area contributed by atoms with E-state index >= 15 is 0 Å². The van der Waals surface area contributed by atoms with Crippen LogP contribution in [0.15, 0.2) is 72.9 Å². The van der Waals surface area contributed by atoms with Gasteiger partial charge < -0.3 is 14.6 Å². The van der Waals surface area contributed by atoms with Gasteiger partial charge in [0.15, 0.2) is 0 Å². The summed E-state index contributed by atoms with van der Waals surface area (Å²) in [5, 5.41) is 9.96. The zero-order valence-electron chi connectivity index (χ0n) is 28.1. The lowest BCUT2D eigenvalue weighted by Crippen LogP contribution is -2.25. The SMILES string of the molecule is CC/C=C\C/C=C\C/C=C\C/C=C\C/C=C\CCCC(=O)OC[C@H](O)COC(=O)CCCCC/C=C\CCCCCCCC. The average Bonchev–Trinajstić information content (AvgIpc) is 3.02. The zero-order chi connectivity index (χ0) is 32.2. The van der Waals surface area contributed by atoms with Crippen LogP contribution >= 0.6 is 0 Å². The number of aliphatic hydroxyl groups is 1. The second kappa shape index (κ2) is 34.8. The Morgan fingerprint density at radius 2 is 0.886 bits per heavy atom. The largest absolute Gasteiger partial charge is 0.463 e. The van der Waals surface area contributed by atoms with Gasteiger partial charge in [-0.3, -0.25) is 9.59 Å². The Balaban J connectivity index is 3.61. The molecule has 250 valence electrons. The van der Waals surface area contributed by atoms with Gasteiger partial charge >= 0.3 is 11.9 Å². The van der Waals surface area contributed by atoms with E-state index in [1.54, 1.807) is 0 Å². The Kier molecular flexibility index (Phi) is 32.7. The van der Waals surface area contributed by atoms with E-state index in [1.165, 1.54) is 44.9 Å². The molecule has 0 bridgehead atoms. The van der Waals surface area contributed by atoms with Crippen LogP contribution in [0.25, 0.3) is 0 Å². The van der Waals surface area contributed by atoms with Gasteiger partial charge in [-0.1, -0.05) is 125 Å². The van der Waals surface area contributed by atoms with Gasteiger partial charge in [0.2, 0.25) is 0 Å². The van der Waals surface area contributed by atoms with Gasteiger partial charge in [0.05, 0.1) is 0 Å². The van der Waals surface area contributed by atoms with E-state index in [0.29, 0.717) is 19.3 Å². The highest BCUT2D eigenvalue weighted by Crippen LogP contribution is 2.09. The molecule has 0 rings (SSSR count).